The number of hydrogen-bond donors (Lipinski definition) is 0. The zero-order valence-electron chi connectivity index (χ0n) is 13.3. The van der Waals surface area contributed by atoms with Gasteiger partial charge in [-0.25, -0.2) is 9.78 Å². The highest BCUT2D eigenvalue weighted by molar-refractivity contribution is 6.02. The van der Waals surface area contributed by atoms with Crippen LogP contribution in [0.4, 0.5) is 0 Å². The average Bonchev–Trinajstić information content (AvgIpc) is 3.11. The summed E-state index contributed by atoms with van der Waals surface area (Å²) in [6.07, 6.45) is 3.86. The fourth-order valence-electron chi connectivity index (χ4n) is 3.42. The van der Waals surface area contributed by atoms with Gasteiger partial charge in [0.25, 0.3) is 5.56 Å². The highest BCUT2D eigenvalue weighted by Gasteiger charge is 2.31. The summed E-state index contributed by atoms with van der Waals surface area (Å²) in [6, 6.07) is 3.61. The van der Waals surface area contributed by atoms with Crippen LogP contribution in [0.3, 0.4) is 0 Å². The molecule has 0 saturated carbocycles. The maximum absolute atomic E-state index is 12.6. The first-order valence-electron chi connectivity index (χ1n) is 7.63. The number of pyridine rings is 1. The second-order valence-corrected chi connectivity index (χ2v) is 6.10. The molecule has 0 fully saturated rings. The van der Waals surface area contributed by atoms with Crippen LogP contribution >= 0.6 is 0 Å². The number of furan rings is 1. The Morgan fingerprint density at radius 3 is 2.67 bits per heavy atom. The molecule has 0 bridgehead atoms. The lowest BCUT2D eigenvalue weighted by Gasteiger charge is -2.23. The minimum atomic E-state index is -0.440. The van der Waals surface area contributed by atoms with Gasteiger partial charge >= 0.3 is 5.69 Å². The van der Waals surface area contributed by atoms with Crippen LogP contribution in [0.1, 0.15) is 34.0 Å². The number of fused-ring (bicyclic) bond motifs is 3. The Bertz CT molecular complexity index is 1090. The fourth-order valence-corrected chi connectivity index (χ4v) is 3.42. The van der Waals surface area contributed by atoms with E-state index in [0.29, 0.717) is 35.0 Å². The van der Waals surface area contributed by atoms with Crippen molar-refractivity contribution in [3.63, 3.8) is 0 Å². The van der Waals surface area contributed by atoms with Crippen molar-refractivity contribution in [1.82, 2.24) is 14.1 Å². The Labute approximate surface area is 136 Å². The second-order valence-electron chi connectivity index (χ2n) is 6.10. The summed E-state index contributed by atoms with van der Waals surface area (Å²) in [6.45, 7) is 0. The molecule has 3 aromatic rings. The molecule has 0 N–H and O–H groups in total. The van der Waals surface area contributed by atoms with E-state index in [2.05, 4.69) is 4.98 Å². The molecule has 7 heteroatoms. The molecule has 7 nitrogen and oxygen atoms in total. The molecule has 122 valence electrons. The van der Waals surface area contributed by atoms with Crippen LogP contribution in [0.5, 0.6) is 0 Å². The quantitative estimate of drug-likeness (QED) is 0.669. The van der Waals surface area contributed by atoms with E-state index in [-0.39, 0.29) is 11.7 Å². The number of aromatic nitrogens is 3. The van der Waals surface area contributed by atoms with Crippen molar-refractivity contribution >= 4 is 16.8 Å². The topological polar surface area (TPSA) is 87.1 Å². The normalized spacial score (nSPS) is 17.2. The lowest BCUT2D eigenvalue weighted by Crippen LogP contribution is -2.38. The highest BCUT2D eigenvalue weighted by atomic mass is 16.3. The Morgan fingerprint density at radius 1 is 1.17 bits per heavy atom. The van der Waals surface area contributed by atoms with Crippen LogP contribution in [0.15, 0.2) is 38.6 Å². The molecule has 0 aliphatic heterocycles. The van der Waals surface area contributed by atoms with Gasteiger partial charge in [0.05, 0.1) is 11.6 Å². The molecule has 0 unspecified atom stereocenters. The summed E-state index contributed by atoms with van der Waals surface area (Å²) >= 11 is 0. The van der Waals surface area contributed by atoms with E-state index in [1.165, 1.54) is 17.8 Å². The smallest absolute Gasteiger partial charge is 0.332 e. The Morgan fingerprint density at radius 2 is 1.96 bits per heavy atom. The van der Waals surface area contributed by atoms with Crippen molar-refractivity contribution in [2.45, 2.75) is 18.8 Å². The molecule has 1 atom stereocenters. The van der Waals surface area contributed by atoms with E-state index >= 15 is 0 Å². The second kappa shape index (κ2) is 5.02. The molecule has 0 amide bonds. The maximum Gasteiger partial charge on any atom is 0.332 e. The lowest BCUT2D eigenvalue weighted by atomic mass is 9.81. The number of carbonyl (C=O) groups excluding carboxylic acids is 1. The molecule has 0 aromatic carbocycles. The zero-order chi connectivity index (χ0) is 17.0. The minimum absolute atomic E-state index is 0.0667. The Hall–Kier alpha value is -2.96. The van der Waals surface area contributed by atoms with E-state index in [4.69, 9.17) is 4.42 Å². The molecule has 3 heterocycles. The predicted octanol–water partition coefficient (Wildman–Crippen LogP) is 1.14. The van der Waals surface area contributed by atoms with Gasteiger partial charge in [0, 0.05) is 38.2 Å². The van der Waals surface area contributed by atoms with Gasteiger partial charge in [0.1, 0.15) is 11.4 Å². The largest absolute Gasteiger partial charge is 0.469 e. The Balaban J connectivity index is 2.04. The van der Waals surface area contributed by atoms with Gasteiger partial charge in [0.2, 0.25) is 0 Å². The number of aryl methyl sites for hydroxylation is 1. The van der Waals surface area contributed by atoms with E-state index in [1.807, 2.05) is 6.07 Å². The molecule has 0 spiro atoms. The van der Waals surface area contributed by atoms with Crippen molar-refractivity contribution < 1.29 is 9.21 Å². The summed E-state index contributed by atoms with van der Waals surface area (Å²) in [5, 5.41) is 0.335. The number of hydrogen-bond acceptors (Lipinski definition) is 5. The zero-order valence-corrected chi connectivity index (χ0v) is 13.3. The van der Waals surface area contributed by atoms with Gasteiger partial charge in [-0.15, -0.1) is 0 Å². The summed E-state index contributed by atoms with van der Waals surface area (Å²) < 4.78 is 7.82. The summed E-state index contributed by atoms with van der Waals surface area (Å²) in [5.74, 6) is 0.538. The summed E-state index contributed by atoms with van der Waals surface area (Å²) in [4.78, 5) is 41.5. The number of rotatable bonds is 1. The number of carbonyl (C=O) groups is 1. The van der Waals surface area contributed by atoms with Gasteiger partial charge in [0.15, 0.2) is 5.78 Å². The third-order valence-corrected chi connectivity index (χ3v) is 4.70. The van der Waals surface area contributed by atoms with Crippen LogP contribution in [0.2, 0.25) is 0 Å². The monoisotopic (exact) mass is 325 g/mol. The summed E-state index contributed by atoms with van der Waals surface area (Å²) in [5.41, 5.74) is 0.541. The van der Waals surface area contributed by atoms with E-state index < -0.39 is 11.2 Å². The van der Waals surface area contributed by atoms with Gasteiger partial charge in [-0.3, -0.25) is 18.7 Å². The van der Waals surface area contributed by atoms with Gasteiger partial charge < -0.3 is 4.42 Å². The third-order valence-electron chi connectivity index (χ3n) is 4.70. The third kappa shape index (κ3) is 1.90. The van der Waals surface area contributed by atoms with Crippen LogP contribution in [0, 0.1) is 0 Å². The van der Waals surface area contributed by atoms with Crippen LogP contribution < -0.4 is 11.2 Å². The molecule has 4 rings (SSSR count). The lowest BCUT2D eigenvalue weighted by molar-refractivity contribution is 0.0960. The number of ketones is 1. The average molecular weight is 325 g/mol. The molecule has 0 radical (unpaired) electrons. The molecule has 1 aliphatic carbocycles. The standard InChI is InChI=1S/C17H15N3O4/c1-19-15-14(16(22)20(2)17(19)23)10-6-9(13-4-3-5-24-13)7-12(21)11(10)8-18-15/h3-5,8-9H,6-7H2,1-2H3/t9-/m1/s1. The van der Waals surface area contributed by atoms with Crippen molar-refractivity contribution in [2.75, 3.05) is 0 Å². The van der Waals surface area contributed by atoms with Crippen LogP contribution in [-0.2, 0) is 20.5 Å². The predicted molar refractivity (Wildman–Crippen MR) is 86.3 cm³/mol. The highest BCUT2D eigenvalue weighted by Crippen LogP contribution is 2.34. The molecule has 3 aromatic heterocycles. The maximum atomic E-state index is 12.6. The van der Waals surface area contributed by atoms with Crippen molar-refractivity contribution in [1.29, 1.82) is 0 Å². The van der Waals surface area contributed by atoms with Gasteiger partial charge in [-0.05, 0) is 24.1 Å². The molecule has 1 aliphatic rings. The Kier molecular flexibility index (Phi) is 3.06. The van der Waals surface area contributed by atoms with Gasteiger partial charge in [-0.2, -0.15) is 0 Å². The van der Waals surface area contributed by atoms with Crippen molar-refractivity contribution in [3.05, 3.63) is 62.3 Å². The number of nitrogens with zero attached hydrogens (tertiary/aromatic N) is 3. The minimum Gasteiger partial charge on any atom is -0.469 e. The van der Waals surface area contributed by atoms with Gasteiger partial charge in [-0.1, -0.05) is 0 Å². The first kappa shape index (κ1) is 14.6. The molecular formula is C17H15N3O4. The SMILES string of the molecule is Cn1c(=O)c2c3c(cnc2n(C)c1=O)C(=O)C[C@H](c1ccco1)C3. The van der Waals surface area contributed by atoms with Crippen molar-refractivity contribution in [3.8, 4) is 0 Å². The fraction of sp³-hybridized carbons (Fsp3) is 0.294. The number of Topliss-reactive ketones (excluding diaryl/α,β-unsaturated/α-hetero) is 1. The summed E-state index contributed by atoms with van der Waals surface area (Å²) in [7, 11) is 3.00. The van der Waals surface area contributed by atoms with Crippen LogP contribution in [0.25, 0.3) is 11.0 Å². The van der Waals surface area contributed by atoms with Crippen LogP contribution in [-0.4, -0.2) is 19.9 Å². The first-order chi connectivity index (χ1) is 11.5. The first-order valence-corrected chi connectivity index (χ1v) is 7.63. The van der Waals surface area contributed by atoms with E-state index in [1.54, 1.807) is 19.4 Å². The molecule has 0 saturated heterocycles. The molecule has 24 heavy (non-hydrogen) atoms. The van der Waals surface area contributed by atoms with Crippen molar-refractivity contribution in [2.24, 2.45) is 14.1 Å². The van der Waals surface area contributed by atoms with E-state index in [9.17, 15) is 14.4 Å². The van der Waals surface area contributed by atoms with E-state index in [0.717, 1.165) is 10.3 Å². The molecular weight excluding hydrogens is 310 g/mol.